The number of halogens is 2. The summed E-state index contributed by atoms with van der Waals surface area (Å²) in [4.78, 5) is 11.2. The van der Waals surface area contributed by atoms with Crippen LogP contribution in [-0.4, -0.2) is 19.5 Å². The number of nitrogens with one attached hydrogen (secondary N) is 1. The number of sulfonamides is 1. The van der Waals surface area contributed by atoms with Gasteiger partial charge in [0.2, 0.25) is 15.8 Å². The number of carboxylic acids is 1. The van der Waals surface area contributed by atoms with Crippen LogP contribution in [-0.2, 0) is 16.6 Å². The van der Waals surface area contributed by atoms with Gasteiger partial charge < -0.3 is 9.52 Å². The van der Waals surface area contributed by atoms with Gasteiger partial charge >= 0.3 is 5.97 Å². The second-order valence-electron chi connectivity index (χ2n) is 3.58. The minimum atomic E-state index is -3.88. The van der Waals surface area contributed by atoms with Gasteiger partial charge in [-0.05, 0) is 28.1 Å². The third-order valence-electron chi connectivity index (χ3n) is 2.22. The zero-order valence-electron chi connectivity index (χ0n) is 9.59. The SMILES string of the molecule is O=C(O)c1cc(S(=O)(=O)NCc2ccc(Cl)s2)c(Br)o1. The standard InChI is InChI=1S/C10H7BrClNO5S2/c11-9-7(3-6(18-9)10(14)15)20(16,17)13-4-5-1-2-8(12)19-5/h1-3,13H,4H2,(H,14,15). The topological polar surface area (TPSA) is 96.6 Å². The number of hydrogen-bond acceptors (Lipinski definition) is 5. The summed E-state index contributed by atoms with van der Waals surface area (Å²) >= 11 is 9.88. The van der Waals surface area contributed by atoms with E-state index in [0.29, 0.717) is 4.34 Å². The smallest absolute Gasteiger partial charge is 0.371 e. The fraction of sp³-hybridized carbons (Fsp3) is 0.100. The number of hydrogen-bond donors (Lipinski definition) is 2. The second-order valence-corrected chi connectivity index (χ2v) is 7.84. The summed E-state index contributed by atoms with van der Waals surface area (Å²) in [6.45, 7) is 0.0553. The van der Waals surface area contributed by atoms with Crippen molar-refractivity contribution in [3.8, 4) is 0 Å². The van der Waals surface area contributed by atoms with Gasteiger partial charge in [0.1, 0.15) is 4.90 Å². The van der Waals surface area contributed by atoms with Crippen molar-refractivity contribution >= 4 is 54.9 Å². The highest BCUT2D eigenvalue weighted by atomic mass is 79.9. The van der Waals surface area contributed by atoms with E-state index in [0.717, 1.165) is 10.9 Å². The van der Waals surface area contributed by atoms with Crippen LogP contribution in [0.1, 0.15) is 15.4 Å². The molecule has 0 radical (unpaired) electrons. The first-order valence-electron chi connectivity index (χ1n) is 5.06. The van der Waals surface area contributed by atoms with Crippen molar-refractivity contribution in [2.24, 2.45) is 0 Å². The Morgan fingerprint density at radius 2 is 2.20 bits per heavy atom. The summed E-state index contributed by atoms with van der Waals surface area (Å²) < 4.78 is 31.6. The maximum absolute atomic E-state index is 12.0. The number of carbonyl (C=O) groups is 1. The molecule has 10 heteroatoms. The van der Waals surface area contributed by atoms with E-state index in [-0.39, 0.29) is 16.1 Å². The largest absolute Gasteiger partial charge is 0.475 e. The summed E-state index contributed by atoms with van der Waals surface area (Å²) in [7, 11) is -3.88. The number of thiophene rings is 1. The molecule has 0 amide bonds. The highest BCUT2D eigenvalue weighted by Gasteiger charge is 2.24. The highest BCUT2D eigenvalue weighted by molar-refractivity contribution is 9.10. The molecule has 2 aromatic rings. The molecule has 0 aliphatic heterocycles. The number of furan rings is 1. The van der Waals surface area contributed by atoms with Crippen LogP contribution >= 0.6 is 38.9 Å². The van der Waals surface area contributed by atoms with Crippen LogP contribution in [0.2, 0.25) is 4.34 Å². The van der Waals surface area contributed by atoms with Crippen molar-refractivity contribution in [1.82, 2.24) is 4.72 Å². The maximum atomic E-state index is 12.0. The van der Waals surface area contributed by atoms with Gasteiger partial charge in [-0.1, -0.05) is 11.6 Å². The average Bonchev–Trinajstić information content (AvgIpc) is 2.93. The van der Waals surface area contributed by atoms with Gasteiger partial charge in [0.05, 0.1) is 4.34 Å². The molecule has 0 spiro atoms. The van der Waals surface area contributed by atoms with Crippen molar-refractivity contribution in [3.05, 3.63) is 37.8 Å². The molecule has 108 valence electrons. The molecule has 0 saturated heterocycles. The lowest BCUT2D eigenvalue weighted by molar-refractivity contribution is 0.0661. The minimum absolute atomic E-state index is 0.0553. The summed E-state index contributed by atoms with van der Waals surface area (Å²) in [6, 6.07) is 4.30. The zero-order chi connectivity index (χ0) is 14.9. The van der Waals surface area contributed by atoms with E-state index in [1.54, 1.807) is 12.1 Å². The molecule has 0 saturated carbocycles. The van der Waals surface area contributed by atoms with Crippen molar-refractivity contribution in [2.45, 2.75) is 11.4 Å². The van der Waals surface area contributed by atoms with E-state index >= 15 is 0 Å². The van der Waals surface area contributed by atoms with Crippen LogP contribution in [0.3, 0.4) is 0 Å². The third kappa shape index (κ3) is 3.41. The summed E-state index contributed by atoms with van der Waals surface area (Å²) in [6.07, 6.45) is 0. The Morgan fingerprint density at radius 3 is 2.70 bits per heavy atom. The molecule has 20 heavy (non-hydrogen) atoms. The Hall–Kier alpha value is -0.870. The van der Waals surface area contributed by atoms with E-state index in [1.807, 2.05) is 0 Å². The number of carboxylic acid groups (broad SMARTS) is 1. The Kier molecular flexibility index (Phi) is 4.55. The first-order valence-corrected chi connectivity index (χ1v) is 8.53. The van der Waals surface area contributed by atoms with Gasteiger partial charge in [0.15, 0.2) is 4.67 Å². The minimum Gasteiger partial charge on any atom is -0.475 e. The fourth-order valence-electron chi connectivity index (χ4n) is 1.33. The number of rotatable bonds is 5. The van der Waals surface area contributed by atoms with E-state index in [1.165, 1.54) is 11.3 Å². The predicted octanol–water partition coefficient (Wildman–Crippen LogP) is 2.93. The van der Waals surface area contributed by atoms with Crippen molar-refractivity contribution < 1.29 is 22.7 Å². The van der Waals surface area contributed by atoms with E-state index in [9.17, 15) is 13.2 Å². The van der Waals surface area contributed by atoms with Crippen molar-refractivity contribution in [1.29, 1.82) is 0 Å². The van der Waals surface area contributed by atoms with Crippen LogP contribution in [0.25, 0.3) is 0 Å². The zero-order valence-corrected chi connectivity index (χ0v) is 13.6. The van der Waals surface area contributed by atoms with Crippen LogP contribution in [0.5, 0.6) is 0 Å². The lowest BCUT2D eigenvalue weighted by atomic mass is 10.5. The normalized spacial score (nSPS) is 11.7. The average molecular weight is 401 g/mol. The third-order valence-corrected chi connectivity index (χ3v) is 5.71. The van der Waals surface area contributed by atoms with Gasteiger partial charge in [-0.15, -0.1) is 11.3 Å². The number of aromatic carboxylic acids is 1. The van der Waals surface area contributed by atoms with E-state index in [2.05, 4.69) is 20.7 Å². The Morgan fingerprint density at radius 1 is 1.50 bits per heavy atom. The Bertz CT molecular complexity index is 752. The van der Waals surface area contributed by atoms with Crippen molar-refractivity contribution in [3.63, 3.8) is 0 Å². The van der Waals surface area contributed by atoms with Crippen molar-refractivity contribution in [2.75, 3.05) is 0 Å². The molecule has 0 aromatic carbocycles. The lowest BCUT2D eigenvalue weighted by Crippen LogP contribution is -2.22. The molecule has 2 aromatic heterocycles. The van der Waals surface area contributed by atoms with Crippen LogP contribution in [0.15, 0.2) is 32.2 Å². The van der Waals surface area contributed by atoms with Gasteiger partial charge in [-0.25, -0.2) is 17.9 Å². The lowest BCUT2D eigenvalue weighted by Gasteiger charge is -2.03. The molecule has 0 aliphatic carbocycles. The molecule has 0 atom stereocenters. The highest BCUT2D eigenvalue weighted by Crippen LogP contribution is 2.27. The molecule has 0 aliphatic rings. The van der Waals surface area contributed by atoms with Gasteiger partial charge in [0.25, 0.3) is 0 Å². The second kappa shape index (κ2) is 5.86. The quantitative estimate of drug-likeness (QED) is 0.804. The van der Waals surface area contributed by atoms with Gasteiger partial charge in [-0.2, -0.15) is 0 Å². The Labute approximate surface area is 131 Å². The predicted molar refractivity (Wildman–Crippen MR) is 76.7 cm³/mol. The molecular weight excluding hydrogens is 394 g/mol. The molecule has 0 unspecified atom stereocenters. The molecule has 2 N–H and O–H groups in total. The molecule has 2 rings (SSSR count). The van der Waals surface area contributed by atoms with Crippen LogP contribution in [0.4, 0.5) is 0 Å². The molecular formula is C10H7BrClNO5S2. The summed E-state index contributed by atoms with van der Waals surface area (Å²) in [5, 5.41) is 8.76. The fourth-order valence-corrected chi connectivity index (χ4v) is 4.39. The molecule has 0 fully saturated rings. The molecule has 6 nitrogen and oxygen atoms in total. The van der Waals surface area contributed by atoms with Gasteiger partial charge in [-0.3, -0.25) is 0 Å². The first-order chi connectivity index (χ1) is 9.29. The first kappa shape index (κ1) is 15.5. The molecule has 0 bridgehead atoms. The van der Waals surface area contributed by atoms with Crippen LogP contribution < -0.4 is 4.72 Å². The van der Waals surface area contributed by atoms with E-state index in [4.69, 9.17) is 21.1 Å². The monoisotopic (exact) mass is 399 g/mol. The molecule has 2 heterocycles. The maximum Gasteiger partial charge on any atom is 0.371 e. The van der Waals surface area contributed by atoms with Gasteiger partial charge in [0, 0.05) is 17.5 Å². The van der Waals surface area contributed by atoms with E-state index < -0.39 is 21.8 Å². The van der Waals surface area contributed by atoms with Crippen LogP contribution in [0, 0.1) is 0 Å². The Balaban J connectivity index is 2.20. The summed E-state index contributed by atoms with van der Waals surface area (Å²) in [5.41, 5.74) is 0. The summed E-state index contributed by atoms with van der Waals surface area (Å²) in [5.74, 6) is -1.81.